The summed E-state index contributed by atoms with van der Waals surface area (Å²) in [5.41, 5.74) is 9.19. The van der Waals surface area contributed by atoms with Crippen molar-refractivity contribution < 1.29 is 14.4 Å². The molecule has 0 spiro atoms. The van der Waals surface area contributed by atoms with Gasteiger partial charge in [0.15, 0.2) is 0 Å². The quantitative estimate of drug-likeness (QED) is 0.820. The fraction of sp³-hybridized carbons (Fsp3) is 0.389. The highest BCUT2D eigenvalue weighted by molar-refractivity contribution is 7.16. The minimum Gasteiger partial charge on any atom is -0.462 e. The van der Waals surface area contributed by atoms with Crippen LogP contribution in [-0.2, 0) is 24.1 Å². The van der Waals surface area contributed by atoms with Crippen molar-refractivity contribution in [1.29, 1.82) is 0 Å². The van der Waals surface area contributed by atoms with E-state index in [1.165, 1.54) is 10.4 Å². The van der Waals surface area contributed by atoms with Crippen molar-refractivity contribution >= 4 is 22.3 Å². The summed E-state index contributed by atoms with van der Waals surface area (Å²) in [7, 11) is 0. The first-order chi connectivity index (χ1) is 11.2. The van der Waals surface area contributed by atoms with Crippen molar-refractivity contribution in [2.45, 2.75) is 26.3 Å². The minimum atomic E-state index is -0.268. The number of hydrogen-bond acceptors (Lipinski definition) is 4. The van der Waals surface area contributed by atoms with Crippen LogP contribution in [0.1, 0.15) is 33.3 Å². The number of carbonyl (C=O) groups is 1. The number of benzene rings is 1. The van der Waals surface area contributed by atoms with E-state index in [4.69, 9.17) is 10.5 Å². The van der Waals surface area contributed by atoms with Crippen LogP contribution >= 0.6 is 11.3 Å². The smallest absolute Gasteiger partial charge is 0.341 e. The van der Waals surface area contributed by atoms with Crippen molar-refractivity contribution in [2.24, 2.45) is 0 Å². The van der Waals surface area contributed by atoms with Gasteiger partial charge in [0, 0.05) is 12.8 Å². The molecule has 0 radical (unpaired) electrons. The molecule has 0 saturated heterocycles. The van der Waals surface area contributed by atoms with E-state index in [1.807, 2.05) is 6.92 Å². The van der Waals surface area contributed by atoms with E-state index in [2.05, 4.69) is 30.3 Å². The van der Waals surface area contributed by atoms with E-state index in [0.29, 0.717) is 17.2 Å². The maximum atomic E-state index is 12.1. The molecule has 2 heterocycles. The van der Waals surface area contributed by atoms with Crippen molar-refractivity contribution in [3.8, 4) is 0 Å². The Kier molecular flexibility index (Phi) is 4.98. The molecular formula is C18H23N2O2S+. The number of anilines is 1. The average molecular weight is 331 g/mol. The van der Waals surface area contributed by atoms with E-state index in [9.17, 15) is 4.79 Å². The average Bonchev–Trinajstić information content (AvgIpc) is 2.89. The van der Waals surface area contributed by atoms with Gasteiger partial charge in [-0.25, -0.2) is 4.79 Å². The van der Waals surface area contributed by atoms with Gasteiger partial charge in [-0.05, 0) is 18.1 Å². The molecule has 0 fully saturated rings. The van der Waals surface area contributed by atoms with Gasteiger partial charge in [0.1, 0.15) is 11.5 Å². The summed E-state index contributed by atoms with van der Waals surface area (Å²) in [6.45, 7) is 5.31. The molecular weight excluding hydrogens is 308 g/mol. The third kappa shape index (κ3) is 3.57. The summed E-state index contributed by atoms with van der Waals surface area (Å²) in [5, 5.41) is 0.609. The fourth-order valence-corrected chi connectivity index (χ4v) is 4.34. The van der Waals surface area contributed by atoms with Crippen LogP contribution in [0.25, 0.3) is 0 Å². The molecule has 1 aromatic heterocycles. The van der Waals surface area contributed by atoms with Gasteiger partial charge in [0.05, 0.1) is 30.1 Å². The summed E-state index contributed by atoms with van der Waals surface area (Å²) in [5.74, 6) is -0.268. The number of nitrogen functional groups attached to an aromatic ring is 1. The number of rotatable bonds is 5. The molecule has 4 nitrogen and oxygen atoms in total. The first-order valence-electron chi connectivity index (χ1n) is 8.13. The molecule has 1 aliphatic rings. The maximum absolute atomic E-state index is 12.1. The van der Waals surface area contributed by atoms with Gasteiger partial charge in [0.2, 0.25) is 0 Å². The molecule has 0 saturated carbocycles. The van der Waals surface area contributed by atoms with Crippen molar-refractivity contribution in [1.82, 2.24) is 0 Å². The van der Waals surface area contributed by atoms with Crippen LogP contribution in [0.4, 0.5) is 5.00 Å². The number of fused-ring (bicyclic) bond motifs is 1. The number of thiophene rings is 1. The zero-order chi connectivity index (χ0) is 16.2. The lowest BCUT2D eigenvalue weighted by Gasteiger charge is -2.24. The molecule has 1 aromatic carbocycles. The number of nitrogens with one attached hydrogen (secondary N) is 1. The van der Waals surface area contributed by atoms with Crippen LogP contribution in [0.15, 0.2) is 30.3 Å². The Hall–Kier alpha value is -1.85. The fourth-order valence-electron chi connectivity index (χ4n) is 3.16. The highest BCUT2D eigenvalue weighted by Gasteiger charge is 2.29. The number of carbonyl (C=O) groups excluding carboxylic acids is 1. The van der Waals surface area contributed by atoms with Crippen molar-refractivity contribution in [3.63, 3.8) is 0 Å². The number of esters is 1. The molecule has 0 amide bonds. The zero-order valence-electron chi connectivity index (χ0n) is 13.4. The molecule has 23 heavy (non-hydrogen) atoms. The highest BCUT2D eigenvalue weighted by atomic mass is 32.1. The zero-order valence-corrected chi connectivity index (χ0v) is 14.2. The molecule has 0 bridgehead atoms. The lowest BCUT2D eigenvalue weighted by Crippen LogP contribution is -3.11. The van der Waals surface area contributed by atoms with E-state index < -0.39 is 0 Å². The Bertz CT molecular complexity index is 682. The summed E-state index contributed by atoms with van der Waals surface area (Å²) < 4.78 is 5.15. The number of nitrogens with two attached hydrogens (primary N) is 1. The van der Waals surface area contributed by atoms with Crippen LogP contribution in [0.2, 0.25) is 0 Å². The summed E-state index contributed by atoms with van der Waals surface area (Å²) >= 11 is 1.55. The van der Waals surface area contributed by atoms with Gasteiger partial charge in [-0.2, -0.15) is 0 Å². The maximum Gasteiger partial charge on any atom is 0.341 e. The third-order valence-corrected chi connectivity index (χ3v) is 5.41. The highest BCUT2D eigenvalue weighted by Crippen LogP contribution is 2.32. The van der Waals surface area contributed by atoms with E-state index in [0.717, 1.165) is 38.0 Å². The van der Waals surface area contributed by atoms with Crippen LogP contribution in [0, 0.1) is 0 Å². The van der Waals surface area contributed by atoms with Crippen LogP contribution < -0.4 is 10.6 Å². The normalized spacial score (nSPS) is 16.8. The van der Waals surface area contributed by atoms with E-state index >= 15 is 0 Å². The van der Waals surface area contributed by atoms with E-state index in [-0.39, 0.29) is 5.97 Å². The molecule has 2 aromatic rings. The summed E-state index contributed by atoms with van der Waals surface area (Å²) in [6.07, 6.45) is 1.98. The van der Waals surface area contributed by atoms with Crippen molar-refractivity contribution in [3.05, 3.63) is 51.9 Å². The molecule has 1 unspecified atom stereocenters. The molecule has 122 valence electrons. The summed E-state index contributed by atoms with van der Waals surface area (Å²) in [4.78, 5) is 14.9. The Labute approximate surface area is 140 Å². The van der Waals surface area contributed by atoms with Crippen LogP contribution in [0.5, 0.6) is 0 Å². The number of hydrogen-bond donors (Lipinski definition) is 2. The SMILES string of the molecule is CCOC(=O)c1c(N)sc2c1CC[NH+](CCc1ccccc1)C2. The first kappa shape index (κ1) is 16.0. The topological polar surface area (TPSA) is 56.8 Å². The third-order valence-electron chi connectivity index (χ3n) is 4.35. The predicted molar refractivity (Wildman–Crippen MR) is 92.9 cm³/mol. The first-order valence-corrected chi connectivity index (χ1v) is 8.95. The second-order valence-corrected chi connectivity index (χ2v) is 7.01. The minimum absolute atomic E-state index is 0.268. The number of quaternary nitrogens is 1. The van der Waals surface area contributed by atoms with Gasteiger partial charge in [-0.1, -0.05) is 30.3 Å². The molecule has 3 N–H and O–H groups in total. The standard InChI is InChI=1S/C18H22N2O2S/c1-2-22-18(21)16-14-9-11-20(12-15(14)23-17(16)19)10-8-13-6-4-3-5-7-13/h3-7H,2,8-12,19H2,1H3/p+1. The Morgan fingerprint density at radius 3 is 2.87 bits per heavy atom. The van der Waals surface area contributed by atoms with Gasteiger partial charge in [0.25, 0.3) is 0 Å². The van der Waals surface area contributed by atoms with E-state index in [1.54, 1.807) is 16.2 Å². The predicted octanol–water partition coefficient (Wildman–Crippen LogP) is 1.69. The van der Waals surface area contributed by atoms with Crippen LogP contribution in [-0.4, -0.2) is 25.7 Å². The van der Waals surface area contributed by atoms with Gasteiger partial charge in [-0.15, -0.1) is 11.3 Å². The largest absolute Gasteiger partial charge is 0.462 e. The second kappa shape index (κ2) is 7.15. The van der Waals surface area contributed by atoms with Crippen LogP contribution in [0.3, 0.4) is 0 Å². The molecule has 3 rings (SSSR count). The molecule has 1 atom stereocenters. The Morgan fingerprint density at radius 1 is 1.35 bits per heavy atom. The molecule has 5 heteroatoms. The lowest BCUT2D eigenvalue weighted by atomic mass is 10.0. The molecule has 1 aliphatic heterocycles. The van der Waals surface area contributed by atoms with Gasteiger partial charge < -0.3 is 15.4 Å². The Morgan fingerprint density at radius 2 is 2.13 bits per heavy atom. The molecule has 0 aliphatic carbocycles. The Balaban J connectivity index is 1.67. The lowest BCUT2D eigenvalue weighted by molar-refractivity contribution is -0.915. The number of ether oxygens (including phenoxy) is 1. The summed E-state index contributed by atoms with van der Waals surface area (Å²) in [6, 6.07) is 10.6. The second-order valence-electron chi connectivity index (χ2n) is 5.88. The van der Waals surface area contributed by atoms with Gasteiger partial charge >= 0.3 is 5.97 Å². The monoisotopic (exact) mass is 331 g/mol. The van der Waals surface area contributed by atoms with Gasteiger partial charge in [-0.3, -0.25) is 0 Å². The van der Waals surface area contributed by atoms with Crippen molar-refractivity contribution in [2.75, 3.05) is 25.4 Å².